The molecular weight excluding hydrogens is 320 g/mol. The molecule has 4 heterocycles. The summed E-state index contributed by atoms with van der Waals surface area (Å²) in [6.45, 7) is 7.82. The summed E-state index contributed by atoms with van der Waals surface area (Å²) < 4.78 is 11.7. The van der Waals surface area contributed by atoms with Crippen molar-refractivity contribution in [2.75, 3.05) is 19.7 Å². The summed E-state index contributed by atoms with van der Waals surface area (Å²) >= 11 is 0. The van der Waals surface area contributed by atoms with Crippen LogP contribution in [0.25, 0.3) is 0 Å². The number of H-pyrrole nitrogens is 1. The van der Waals surface area contributed by atoms with Gasteiger partial charge in [-0.1, -0.05) is 0 Å². The maximum absolute atomic E-state index is 13.0. The van der Waals surface area contributed by atoms with Crippen molar-refractivity contribution in [2.24, 2.45) is 5.92 Å². The smallest absolute Gasteiger partial charge is 0.255 e. The molecule has 1 N–H and O–H groups in total. The highest BCUT2D eigenvalue weighted by Gasteiger charge is 2.42. The fourth-order valence-electron chi connectivity index (χ4n) is 4.18. The number of nitrogens with zero attached hydrogens (tertiary/aromatic N) is 3. The first-order chi connectivity index (χ1) is 12.0. The van der Waals surface area contributed by atoms with Crippen LogP contribution in [0.2, 0.25) is 0 Å². The molecule has 4 rings (SSSR count). The molecule has 0 spiro atoms. The largest absolute Gasteiger partial charge is 0.425 e. The molecule has 0 bridgehead atoms. The second-order valence-corrected chi connectivity index (χ2v) is 7.16. The fourth-order valence-corrected chi connectivity index (χ4v) is 4.18. The number of ether oxygens (including phenoxy) is 1. The molecule has 2 aliphatic rings. The van der Waals surface area contributed by atoms with E-state index in [9.17, 15) is 4.79 Å². The first-order valence-electron chi connectivity index (χ1n) is 8.90. The lowest BCUT2D eigenvalue weighted by atomic mass is 9.79. The Kier molecular flexibility index (Phi) is 4.11. The molecule has 0 saturated carbocycles. The van der Waals surface area contributed by atoms with E-state index in [1.54, 1.807) is 6.92 Å². The molecule has 2 fully saturated rings. The summed E-state index contributed by atoms with van der Waals surface area (Å²) in [7, 11) is 0. The van der Waals surface area contributed by atoms with E-state index in [-0.39, 0.29) is 23.8 Å². The van der Waals surface area contributed by atoms with Crippen molar-refractivity contribution < 1.29 is 13.9 Å². The van der Waals surface area contributed by atoms with Crippen LogP contribution in [-0.2, 0) is 4.74 Å². The van der Waals surface area contributed by atoms with Crippen molar-refractivity contribution in [3.63, 3.8) is 0 Å². The lowest BCUT2D eigenvalue weighted by molar-refractivity contribution is -0.0751. The number of nitrogens with one attached hydrogen (secondary N) is 1. The highest BCUT2D eigenvalue weighted by molar-refractivity contribution is 5.95. The molecular formula is C18H24N4O3. The number of aryl methyl sites for hydroxylation is 3. The van der Waals surface area contributed by atoms with Gasteiger partial charge in [0.25, 0.3) is 5.91 Å². The van der Waals surface area contributed by atoms with Crippen molar-refractivity contribution in [2.45, 2.75) is 45.6 Å². The number of aromatic nitrogens is 3. The molecule has 2 aliphatic heterocycles. The Hall–Kier alpha value is -2.15. The Morgan fingerprint density at radius 3 is 2.80 bits per heavy atom. The minimum atomic E-state index is 0.0892. The van der Waals surface area contributed by atoms with Crippen LogP contribution in [0.5, 0.6) is 0 Å². The van der Waals surface area contributed by atoms with Crippen LogP contribution in [0.1, 0.15) is 52.3 Å². The van der Waals surface area contributed by atoms with Crippen LogP contribution in [0, 0.1) is 26.7 Å². The Labute approximate surface area is 146 Å². The van der Waals surface area contributed by atoms with E-state index < -0.39 is 0 Å². The maximum atomic E-state index is 13.0. The Balaban J connectivity index is 1.56. The molecule has 2 aromatic heterocycles. The minimum Gasteiger partial charge on any atom is -0.425 e. The zero-order chi connectivity index (χ0) is 17.6. The molecule has 2 saturated heterocycles. The van der Waals surface area contributed by atoms with E-state index in [2.05, 4.69) is 15.2 Å². The van der Waals surface area contributed by atoms with Crippen LogP contribution < -0.4 is 0 Å². The van der Waals surface area contributed by atoms with Crippen molar-refractivity contribution in [3.05, 3.63) is 34.8 Å². The summed E-state index contributed by atoms with van der Waals surface area (Å²) in [5.41, 5.74) is 2.70. The number of carbonyl (C=O) groups is 1. The van der Waals surface area contributed by atoms with Gasteiger partial charge in [0.15, 0.2) is 0 Å². The summed E-state index contributed by atoms with van der Waals surface area (Å²) in [5.74, 6) is 1.71. The molecule has 0 aromatic carbocycles. The minimum absolute atomic E-state index is 0.0892. The molecule has 134 valence electrons. The van der Waals surface area contributed by atoms with Gasteiger partial charge < -0.3 is 19.0 Å². The molecule has 25 heavy (non-hydrogen) atoms. The summed E-state index contributed by atoms with van der Waals surface area (Å²) in [4.78, 5) is 18.1. The molecule has 0 unspecified atom stereocenters. The number of hydrogen-bond donors (Lipinski definition) is 1. The van der Waals surface area contributed by atoms with E-state index in [4.69, 9.17) is 9.15 Å². The van der Waals surface area contributed by atoms with E-state index in [1.165, 1.54) is 0 Å². The number of hydrogen-bond acceptors (Lipinski definition) is 5. The molecule has 7 heteroatoms. The molecule has 2 aromatic rings. The van der Waals surface area contributed by atoms with Crippen LogP contribution in [0.4, 0.5) is 0 Å². The number of aromatic amines is 1. The van der Waals surface area contributed by atoms with Crippen molar-refractivity contribution >= 4 is 5.91 Å². The maximum Gasteiger partial charge on any atom is 0.255 e. The molecule has 7 nitrogen and oxygen atoms in total. The zero-order valence-electron chi connectivity index (χ0n) is 14.9. The molecule has 0 aliphatic carbocycles. The topological polar surface area (TPSA) is 84.2 Å². The van der Waals surface area contributed by atoms with Crippen LogP contribution in [0.3, 0.4) is 0 Å². The van der Waals surface area contributed by atoms with E-state index >= 15 is 0 Å². The average molecular weight is 344 g/mol. The van der Waals surface area contributed by atoms with Gasteiger partial charge in [0.1, 0.15) is 0 Å². The highest BCUT2D eigenvalue weighted by Crippen LogP contribution is 2.39. The van der Waals surface area contributed by atoms with Gasteiger partial charge in [-0.15, -0.1) is 10.2 Å². The Bertz CT molecular complexity index is 781. The first-order valence-corrected chi connectivity index (χ1v) is 8.90. The third-order valence-electron chi connectivity index (χ3n) is 5.40. The van der Waals surface area contributed by atoms with Gasteiger partial charge in [-0.2, -0.15) is 0 Å². The highest BCUT2D eigenvalue weighted by atomic mass is 16.5. The lowest BCUT2D eigenvalue weighted by Crippen LogP contribution is -2.51. The SMILES string of the molecule is Cc1cc(C(=O)N2CC[C@H]3OCC[C@@H](c4nnc(C)o4)[C@H]3C2)c(C)[nH]1. The molecule has 1 amide bonds. The third-order valence-corrected chi connectivity index (χ3v) is 5.40. The normalized spacial score (nSPS) is 26.5. The van der Waals surface area contributed by atoms with Gasteiger partial charge in [0.2, 0.25) is 11.8 Å². The Morgan fingerprint density at radius 1 is 1.28 bits per heavy atom. The van der Waals surface area contributed by atoms with E-state index in [0.29, 0.717) is 24.9 Å². The van der Waals surface area contributed by atoms with Gasteiger partial charge in [-0.3, -0.25) is 4.79 Å². The average Bonchev–Trinajstić information content (AvgIpc) is 3.18. The Morgan fingerprint density at radius 2 is 2.12 bits per heavy atom. The van der Waals surface area contributed by atoms with Crippen molar-refractivity contribution in [3.8, 4) is 0 Å². The zero-order valence-corrected chi connectivity index (χ0v) is 14.9. The predicted octanol–water partition coefficient (Wildman–Crippen LogP) is 2.36. The number of piperidine rings is 1. The number of likely N-dealkylation sites (tertiary alicyclic amines) is 1. The quantitative estimate of drug-likeness (QED) is 0.904. The summed E-state index contributed by atoms with van der Waals surface area (Å²) in [6, 6.07) is 1.93. The fraction of sp³-hybridized carbons (Fsp3) is 0.611. The van der Waals surface area contributed by atoms with Crippen LogP contribution in [-0.4, -0.2) is 51.8 Å². The number of rotatable bonds is 2. The first kappa shape index (κ1) is 16.3. The van der Waals surface area contributed by atoms with Gasteiger partial charge in [0, 0.05) is 49.8 Å². The molecule has 0 radical (unpaired) electrons. The number of fused-ring (bicyclic) bond motifs is 1. The van der Waals surface area contributed by atoms with Gasteiger partial charge in [-0.25, -0.2) is 0 Å². The number of carbonyl (C=O) groups excluding carboxylic acids is 1. The molecule has 3 atom stereocenters. The standard InChI is InChI=1S/C18H24N4O3/c1-10-8-14(11(2)19-10)18(23)22-6-4-16-15(9-22)13(5-7-24-16)17-21-20-12(3)25-17/h8,13,15-16,19H,4-7,9H2,1-3H3/t13-,15-,16-/m1/s1. The van der Waals surface area contributed by atoms with Crippen molar-refractivity contribution in [1.82, 2.24) is 20.1 Å². The second kappa shape index (κ2) is 6.29. The van der Waals surface area contributed by atoms with Crippen LogP contribution >= 0.6 is 0 Å². The summed E-state index contributed by atoms with van der Waals surface area (Å²) in [5, 5.41) is 8.20. The van der Waals surface area contributed by atoms with Crippen molar-refractivity contribution in [1.29, 1.82) is 0 Å². The number of amides is 1. The van der Waals surface area contributed by atoms with Gasteiger partial charge >= 0.3 is 0 Å². The van der Waals surface area contributed by atoms with E-state index in [0.717, 1.165) is 36.3 Å². The predicted molar refractivity (Wildman–Crippen MR) is 90.4 cm³/mol. The third kappa shape index (κ3) is 2.97. The van der Waals surface area contributed by atoms with Crippen LogP contribution in [0.15, 0.2) is 10.5 Å². The monoisotopic (exact) mass is 344 g/mol. The van der Waals surface area contributed by atoms with Gasteiger partial charge in [0.05, 0.1) is 11.7 Å². The second-order valence-electron chi connectivity index (χ2n) is 7.16. The summed E-state index contributed by atoms with van der Waals surface area (Å²) in [6.07, 6.45) is 1.86. The van der Waals surface area contributed by atoms with Gasteiger partial charge in [-0.05, 0) is 32.8 Å². The lowest BCUT2D eigenvalue weighted by Gasteiger charge is -2.44. The van der Waals surface area contributed by atoms with E-state index in [1.807, 2.05) is 24.8 Å².